The van der Waals surface area contributed by atoms with Crippen molar-refractivity contribution in [3.63, 3.8) is 0 Å². The average Bonchev–Trinajstić information content (AvgIpc) is 2.87. The molecule has 1 fully saturated rings. The van der Waals surface area contributed by atoms with Crippen LogP contribution in [0.5, 0.6) is 5.75 Å². The molecule has 0 bridgehead atoms. The summed E-state index contributed by atoms with van der Waals surface area (Å²) in [6, 6.07) is 11.7. The number of pyridine rings is 1. The highest BCUT2D eigenvalue weighted by Gasteiger charge is 2.23. The number of nitrogens with zero attached hydrogens (tertiary/aromatic N) is 4. The van der Waals surface area contributed by atoms with Crippen LogP contribution in [0.25, 0.3) is 11.3 Å². The van der Waals surface area contributed by atoms with E-state index in [4.69, 9.17) is 4.74 Å². The van der Waals surface area contributed by atoms with Gasteiger partial charge in [-0.05, 0) is 56.9 Å². The number of hydrogen-bond donors (Lipinski definition) is 2. The Bertz CT molecular complexity index is 1200. The Labute approximate surface area is 203 Å². The summed E-state index contributed by atoms with van der Waals surface area (Å²) < 4.78 is 5.00. The molecule has 1 aliphatic rings. The lowest BCUT2D eigenvalue weighted by molar-refractivity contribution is 0.0525. The van der Waals surface area contributed by atoms with Crippen LogP contribution in [0.15, 0.2) is 42.6 Å². The van der Waals surface area contributed by atoms with Crippen LogP contribution in [0, 0.1) is 12.8 Å². The van der Waals surface area contributed by atoms with Crippen molar-refractivity contribution in [2.24, 2.45) is 5.92 Å². The van der Waals surface area contributed by atoms with Crippen LogP contribution in [0.3, 0.4) is 0 Å². The molecule has 0 unspecified atom stereocenters. The van der Waals surface area contributed by atoms with Crippen LogP contribution in [0.4, 0.5) is 5.69 Å². The first-order valence-electron chi connectivity index (χ1n) is 11.6. The summed E-state index contributed by atoms with van der Waals surface area (Å²) in [6.07, 6.45) is 3.99. The van der Waals surface area contributed by atoms with Gasteiger partial charge in [-0.2, -0.15) is 0 Å². The number of aromatic nitrogens is 3. The number of aryl methyl sites for hydroxylation is 1. The van der Waals surface area contributed by atoms with E-state index in [1.54, 1.807) is 19.9 Å². The van der Waals surface area contributed by atoms with Gasteiger partial charge in [-0.3, -0.25) is 4.98 Å². The van der Waals surface area contributed by atoms with E-state index in [1.165, 1.54) is 6.20 Å². The number of piperidine rings is 1. The Morgan fingerprint density at radius 1 is 1.09 bits per heavy atom. The summed E-state index contributed by atoms with van der Waals surface area (Å²) in [4.78, 5) is 38.2. The van der Waals surface area contributed by atoms with E-state index in [1.807, 2.05) is 18.2 Å². The van der Waals surface area contributed by atoms with E-state index in [2.05, 4.69) is 32.0 Å². The van der Waals surface area contributed by atoms with Gasteiger partial charge in [0.05, 0.1) is 23.6 Å². The molecule has 0 amide bonds. The minimum absolute atomic E-state index is 0.287. The van der Waals surface area contributed by atoms with E-state index >= 15 is 0 Å². The van der Waals surface area contributed by atoms with Crippen molar-refractivity contribution >= 4 is 17.6 Å². The van der Waals surface area contributed by atoms with Crippen LogP contribution >= 0.6 is 0 Å². The van der Waals surface area contributed by atoms with Crippen molar-refractivity contribution in [3.05, 3.63) is 65.4 Å². The lowest BCUT2D eigenvalue weighted by Crippen LogP contribution is -2.34. The van der Waals surface area contributed by atoms with E-state index in [9.17, 15) is 19.8 Å². The first-order chi connectivity index (χ1) is 16.9. The largest absolute Gasteiger partial charge is 0.504 e. The maximum Gasteiger partial charge on any atom is 0.358 e. The number of rotatable bonds is 7. The van der Waals surface area contributed by atoms with Gasteiger partial charge in [-0.25, -0.2) is 19.6 Å². The topological polar surface area (TPSA) is 126 Å². The van der Waals surface area contributed by atoms with Crippen molar-refractivity contribution in [2.75, 3.05) is 24.6 Å². The van der Waals surface area contributed by atoms with Crippen LogP contribution in [-0.2, 0) is 11.2 Å². The summed E-state index contributed by atoms with van der Waals surface area (Å²) in [5.74, 6) is -1.19. The molecule has 3 heterocycles. The van der Waals surface area contributed by atoms with E-state index in [-0.39, 0.29) is 23.1 Å². The number of aromatic hydroxyl groups is 1. The summed E-state index contributed by atoms with van der Waals surface area (Å²) in [5, 5.41) is 19.1. The number of ether oxygens (including phenoxy) is 1. The molecule has 1 saturated heterocycles. The zero-order chi connectivity index (χ0) is 24.9. The maximum absolute atomic E-state index is 11.8. The summed E-state index contributed by atoms with van der Waals surface area (Å²) in [7, 11) is 0. The molecule has 35 heavy (non-hydrogen) atoms. The molecule has 1 aromatic carbocycles. The fraction of sp³-hybridized carbons (Fsp3) is 0.346. The number of carboxylic acids is 1. The number of hydrogen-bond acceptors (Lipinski definition) is 8. The number of carbonyl (C=O) groups excluding carboxylic acids is 1. The van der Waals surface area contributed by atoms with Crippen molar-refractivity contribution < 1.29 is 24.5 Å². The van der Waals surface area contributed by atoms with Gasteiger partial charge in [0.1, 0.15) is 5.82 Å². The molecule has 3 aromatic rings. The molecule has 9 heteroatoms. The Hall–Kier alpha value is -4.01. The highest BCUT2D eigenvalue weighted by molar-refractivity contribution is 5.89. The Morgan fingerprint density at radius 2 is 1.80 bits per heavy atom. The first kappa shape index (κ1) is 24.1. The molecule has 0 atom stereocenters. The zero-order valence-electron chi connectivity index (χ0n) is 19.8. The number of benzene rings is 1. The van der Waals surface area contributed by atoms with Crippen molar-refractivity contribution in [2.45, 2.75) is 33.1 Å². The second-order valence-electron chi connectivity index (χ2n) is 8.56. The molecule has 2 N–H and O–H groups in total. The van der Waals surface area contributed by atoms with Gasteiger partial charge in [-0.1, -0.05) is 12.1 Å². The molecule has 0 aliphatic carbocycles. The van der Waals surface area contributed by atoms with Gasteiger partial charge >= 0.3 is 11.9 Å². The van der Waals surface area contributed by atoms with Gasteiger partial charge in [0.2, 0.25) is 0 Å². The summed E-state index contributed by atoms with van der Waals surface area (Å²) >= 11 is 0. The summed E-state index contributed by atoms with van der Waals surface area (Å²) in [6.45, 7) is 5.43. The summed E-state index contributed by atoms with van der Waals surface area (Å²) in [5.41, 5.74) is 3.26. The smallest absolute Gasteiger partial charge is 0.358 e. The normalized spacial score (nSPS) is 14.1. The van der Waals surface area contributed by atoms with Gasteiger partial charge < -0.3 is 19.8 Å². The minimum atomic E-state index is -1.25. The van der Waals surface area contributed by atoms with E-state index < -0.39 is 5.97 Å². The number of carbonyl (C=O) groups is 2. The second-order valence-corrected chi connectivity index (χ2v) is 8.56. The molecular weight excluding hydrogens is 448 g/mol. The third-order valence-corrected chi connectivity index (χ3v) is 6.20. The van der Waals surface area contributed by atoms with E-state index in [0.717, 1.165) is 42.9 Å². The van der Waals surface area contributed by atoms with Crippen LogP contribution < -0.4 is 4.90 Å². The molecule has 0 saturated carbocycles. The van der Waals surface area contributed by atoms with Gasteiger partial charge in [0.25, 0.3) is 0 Å². The van der Waals surface area contributed by atoms with Crippen molar-refractivity contribution in [3.8, 4) is 17.0 Å². The highest BCUT2D eigenvalue weighted by Crippen LogP contribution is 2.28. The highest BCUT2D eigenvalue weighted by atomic mass is 16.5. The van der Waals surface area contributed by atoms with Crippen LogP contribution in [0.1, 0.15) is 52.1 Å². The number of esters is 1. The Morgan fingerprint density at radius 3 is 2.40 bits per heavy atom. The molecule has 4 rings (SSSR count). The standard InChI is InChI=1S/C26H28N4O5/c1-3-35-26(34)19-6-9-21(27-15-19)18-4-7-20(8-5-18)30-12-10-17(11-13-30)14-22-28-16(2)24(31)23(29-22)25(32)33/h4-9,15,17,31H,3,10-14H2,1-2H3,(H,32,33). The van der Waals surface area contributed by atoms with Gasteiger partial charge in [0.15, 0.2) is 11.4 Å². The monoisotopic (exact) mass is 476 g/mol. The molecule has 9 nitrogen and oxygen atoms in total. The van der Waals surface area contributed by atoms with Gasteiger partial charge in [-0.15, -0.1) is 0 Å². The maximum atomic E-state index is 11.8. The van der Waals surface area contributed by atoms with Crippen LogP contribution in [-0.4, -0.2) is 56.8 Å². The Balaban J connectivity index is 1.35. The predicted molar refractivity (Wildman–Crippen MR) is 130 cm³/mol. The third-order valence-electron chi connectivity index (χ3n) is 6.20. The number of carboxylic acid groups (broad SMARTS) is 1. The first-order valence-corrected chi connectivity index (χ1v) is 11.6. The van der Waals surface area contributed by atoms with Gasteiger partial charge in [0, 0.05) is 37.0 Å². The molecule has 0 radical (unpaired) electrons. The fourth-order valence-electron chi connectivity index (χ4n) is 4.26. The lowest BCUT2D eigenvalue weighted by Gasteiger charge is -2.33. The van der Waals surface area contributed by atoms with E-state index in [0.29, 0.717) is 30.3 Å². The molecule has 1 aliphatic heterocycles. The number of aromatic carboxylic acids is 1. The third kappa shape index (κ3) is 5.56. The molecule has 2 aromatic heterocycles. The van der Waals surface area contributed by atoms with Crippen molar-refractivity contribution in [1.29, 1.82) is 0 Å². The molecule has 0 spiro atoms. The fourth-order valence-corrected chi connectivity index (χ4v) is 4.26. The lowest BCUT2D eigenvalue weighted by atomic mass is 9.92. The predicted octanol–water partition coefficient (Wildman–Crippen LogP) is 3.89. The zero-order valence-corrected chi connectivity index (χ0v) is 19.8. The molecule has 182 valence electrons. The average molecular weight is 477 g/mol. The molecular formula is C26H28N4O5. The van der Waals surface area contributed by atoms with Crippen LogP contribution in [0.2, 0.25) is 0 Å². The number of anilines is 1. The SMILES string of the molecule is CCOC(=O)c1ccc(-c2ccc(N3CCC(Cc4nc(C)c(O)c(C(=O)O)n4)CC3)cc2)nc1. The quantitative estimate of drug-likeness (QED) is 0.488. The Kier molecular flexibility index (Phi) is 7.24. The minimum Gasteiger partial charge on any atom is -0.504 e. The van der Waals surface area contributed by atoms with Crippen molar-refractivity contribution in [1.82, 2.24) is 15.0 Å². The second kappa shape index (κ2) is 10.5.